The van der Waals surface area contributed by atoms with Gasteiger partial charge >= 0.3 is 0 Å². The normalized spacial score (nSPS) is 26.8. The van der Waals surface area contributed by atoms with Crippen molar-refractivity contribution in [3.63, 3.8) is 0 Å². The lowest BCUT2D eigenvalue weighted by Gasteiger charge is -2.32. The van der Waals surface area contributed by atoms with Gasteiger partial charge in [-0.1, -0.05) is 43.5 Å². The van der Waals surface area contributed by atoms with E-state index in [0.29, 0.717) is 5.92 Å². The summed E-state index contributed by atoms with van der Waals surface area (Å²) in [6.45, 7) is 6.70. The smallest absolute Gasteiger partial charge is 0.0326 e. The molecular formula is C16H25N. The SMILES string of the molecule is Cc1ccc(C)c(C(N)C2CCCC(C)C2)c1. The van der Waals surface area contributed by atoms with E-state index < -0.39 is 0 Å². The zero-order valence-corrected chi connectivity index (χ0v) is 11.4. The summed E-state index contributed by atoms with van der Waals surface area (Å²) < 4.78 is 0. The molecule has 0 aliphatic heterocycles. The predicted octanol–water partition coefficient (Wildman–Crippen LogP) is 4.13. The second kappa shape index (κ2) is 5.22. The molecule has 1 heteroatoms. The van der Waals surface area contributed by atoms with Gasteiger partial charge in [0.05, 0.1) is 0 Å². The maximum Gasteiger partial charge on any atom is 0.0326 e. The molecule has 0 amide bonds. The summed E-state index contributed by atoms with van der Waals surface area (Å²) in [6, 6.07) is 6.89. The van der Waals surface area contributed by atoms with Crippen LogP contribution in [-0.2, 0) is 0 Å². The van der Waals surface area contributed by atoms with Crippen molar-refractivity contribution in [2.75, 3.05) is 0 Å². The molecule has 94 valence electrons. The molecule has 0 heterocycles. The monoisotopic (exact) mass is 231 g/mol. The third-order valence-electron chi connectivity index (χ3n) is 4.28. The lowest BCUT2D eigenvalue weighted by molar-refractivity contribution is 0.247. The van der Waals surface area contributed by atoms with Crippen molar-refractivity contribution in [1.29, 1.82) is 0 Å². The van der Waals surface area contributed by atoms with Gasteiger partial charge in [0.15, 0.2) is 0 Å². The zero-order chi connectivity index (χ0) is 12.4. The van der Waals surface area contributed by atoms with Crippen LogP contribution in [0.3, 0.4) is 0 Å². The van der Waals surface area contributed by atoms with Crippen molar-refractivity contribution in [2.24, 2.45) is 17.6 Å². The van der Waals surface area contributed by atoms with Gasteiger partial charge in [0.1, 0.15) is 0 Å². The highest BCUT2D eigenvalue weighted by atomic mass is 14.7. The minimum atomic E-state index is 0.234. The fraction of sp³-hybridized carbons (Fsp3) is 0.625. The molecule has 0 aromatic heterocycles. The lowest BCUT2D eigenvalue weighted by Crippen LogP contribution is -2.26. The molecule has 0 spiro atoms. The van der Waals surface area contributed by atoms with E-state index in [0.717, 1.165) is 5.92 Å². The Bertz CT molecular complexity index is 383. The molecule has 1 aliphatic rings. The average Bonchev–Trinajstić information content (AvgIpc) is 2.31. The maximum absolute atomic E-state index is 6.50. The van der Waals surface area contributed by atoms with Gasteiger partial charge in [0.2, 0.25) is 0 Å². The predicted molar refractivity (Wildman–Crippen MR) is 74.0 cm³/mol. The van der Waals surface area contributed by atoms with E-state index in [2.05, 4.69) is 39.0 Å². The fourth-order valence-electron chi connectivity index (χ4n) is 3.18. The van der Waals surface area contributed by atoms with Crippen LogP contribution in [0.2, 0.25) is 0 Å². The first kappa shape index (κ1) is 12.6. The number of rotatable bonds is 2. The van der Waals surface area contributed by atoms with Crippen molar-refractivity contribution in [3.05, 3.63) is 34.9 Å². The Labute approximate surface area is 105 Å². The van der Waals surface area contributed by atoms with Crippen LogP contribution in [0.4, 0.5) is 0 Å². The molecule has 2 rings (SSSR count). The molecule has 1 nitrogen and oxygen atoms in total. The molecule has 1 fully saturated rings. The number of hydrogen-bond donors (Lipinski definition) is 1. The van der Waals surface area contributed by atoms with Crippen LogP contribution in [0.5, 0.6) is 0 Å². The second-order valence-electron chi connectivity index (χ2n) is 5.92. The van der Waals surface area contributed by atoms with E-state index in [4.69, 9.17) is 5.73 Å². The Kier molecular flexibility index (Phi) is 3.88. The Morgan fingerprint density at radius 2 is 2.00 bits per heavy atom. The van der Waals surface area contributed by atoms with E-state index in [1.165, 1.54) is 42.4 Å². The van der Waals surface area contributed by atoms with E-state index in [9.17, 15) is 0 Å². The first-order valence-electron chi connectivity index (χ1n) is 6.90. The lowest BCUT2D eigenvalue weighted by atomic mass is 9.76. The average molecular weight is 231 g/mol. The molecule has 3 atom stereocenters. The first-order chi connectivity index (χ1) is 8.08. The van der Waals surface area contributed by atoms with Crippen LogP contribution >= 0.6 is 0 Å². The highest BCUT2D eigenvalue weighted by Crippen LogP contribution is 2.36. The van der Waals surface area contributed by atoms with Gasteiger partial charge in [0, 0.05) is 6.04 Å². The van der Waals surface area contributed by atoms with Crippen LogP contribution in [0.1, 0.15) is 55.3 Å². The second-order valence-corrected chi connectivity index (χ2v) is 5.92. The number of aryl methyl sites for hydroxylation is 2. The number of hydrogen-bond acceptors (Lipinski definition) is 1. The first-order valence-corrected chi connectivity index (χ1v) is 6.90. The standard InChI is InChI=1S/C16H25N/c1-11-5-4-6-14(9-11)16(17)15-10-12(2)7-8-13(15)3/h7-8,10-11,14,16H,4-6,9,17H2,1-3H3. The molecule has 1 aliphatic carbocycles. The topological polar surface area (TPSA) is 26.0 Å². The van der Waals surface area contributed by atoms with Gasteiger partial charge in [-0.05, 0) is 49.7 Å². The van der Waals surface area contributed by atoms with Gasteiger partial charge in [0.25, 0.3) is 0 Å². The van der Waals surface area contributed by atoms with Crippen molar-refractivity contribution in [1.82, 2.24) is 0 Å². The van der Waals surface area contributed by atoms with Crippen molar-refractivity contribution >= 4 is 0 Å². The summed E-state index contributed by atoms with van der Waals surface area (Å²) in [5.74, 6) is 1.53. The molecule has 1 aromatic carbocycles. The van der Waals surface area contributed by atoms with E-state index >= 15 is 0 Å². The van der Waals surface area contributed by atoms with Crippen molar-refractivity contribution in [3.8, 4) is 0 Å². The van der Waals surface area contributed by atoms with Gasteiger partial charge < -0.3 is 5.73 Å². The number of benzene rings is 1. The molecular weight excluding hydrogens is 206 g/mol. The van der Waals surface area contributed by atoms with Gasteiger partial charge in [-0.2, -0.15) is 0 Å². The third kappa shape index (κ3) is 2.90. The summed E-state index contributed by atoms with van der Waals surface area (Å²) in [7, 11) is 0. The Morgan fingerprint density at radius 1 is 1.24 bits per heavy atom. The third-order valence-corrected chi connectivity index (χ3v) is 4.28. The summed E-state index contributed by atoms with van der Waals surface area (Å²) in [6.07, 6.45) is 5.34. The fourth-order valence-corrected chi connectivity index (χ4v) is 3.18. The number of nitrogens with two attached hydrogens (primary N) is 1. The maximum atomic E-state index is 6.50. The minimum Gasteiger partial charge on any atom is -0.324 e. The summed E-state index contributed by atoms with van der Waals surface area (Å²) in [4.78, 5) is 0. The molecule has 0 saturated heterocycles. The van der Waals surface area contributed by atoms with Crippen LogP contribution in [0.15, 0.2) is 18.2 Å². The molecule has 1 saturated carbocycles. The molecule has 1 aromatic rings. The zero-order valence-electron chi connectivity index (χ0n) is 11.4. The minimum absolute atomic E-state index is 0.234. The van der Waals surface area contributed by atoms with Crippen LogP contribution in [-0.4, -0.2) is 0 Å². The molecule has 3 unspecified atom stereocenters. The van der Waals surface area contributed by atoms with Crippen molar-refractivity contribution < 1.29 is 0 Å². The summed E-state index contributed by atoms with van der Waals surface area (Å²) >= 11 is 0. The summed E-state index contributed by atoms with van der Waals surface area (Å²) in [5.41, 5.74) is 10.5. The van der Waals surface area contributed by atoms with Crippen LogP contribution in [0, 0.1) is 25.7 Å². The molecule has 2 N–H and O–H groups in total. The quantitative estimate of drug-likeness (QED) is 0.813. The van der Waals surface area contributed by atoms with E-state index in [-0.39, 0.29) is 6.04 Å². The Balaban J connectivity index is 2.18. The molecule has 0 radical (unpaired) electrons. The van der Waals surface area contributed by atoms with E-state index in [1.807, 2.05) is 0 Å². The van der Waals surface area contributed by atoms with Crippen LogP contribution in [0.25, 0.3) is 0 Å². The van der Waals surface area contributed by atoms with Gasteiger partial charge in [-0.3, -0.25) is 0 Å². The Hall–Kier alpha value is -0.820. The van der Waals surface area contributed by atoms with Crippen LogP contribution < -0.4 is 5.73 Å². The van der Waals surface area contributed by atoms with Gasteiger partial charge in [-0.25, -0.2) is 0 Å². The Morgan fingerprint density at radius 3 is 2.71 bits per heavy atom. The molecule has 17 heavy (non-hydrogen) atoms. The summed E-state index contributed by atoms with van der Waals surface area (Å²) in [5, 5.41) is 0. The highest BCUT2D eigenvalue weighted by molar-refractivity contribution is 5.33. The van der Waals surface area contributed by atoms with Gasteiger partial charge in [-0.15, -0.1) is 0 Å². The largest absolute Gasteiger partial charge is 0.324 e. The highest BCUT2D eigenvalue weighted by Gasteiger charge is 2.26. The molecule has 0 bridgehead atoms. The van der Waals surface area contributed by atoms with Crippen molar-refractivity contribution in [2.45, 2.75) is 52.5 Å². The van der Waals surface area contributed by atoms with E-state index in [1.54, 1.807) is 0 Å².